The molecule has 1 rings (SSSR count). The standard InChI is InChI=1S/C16H26ClNO3/c1-3-15(18)16(13-5-7-14(17)8-6-13)21-10-4-9-20-12-11-19-2/h5-8,15-16H,3-4,9-12,18H2,1-2H3. The van der Waals surface area contributed by atoms with Crippen LogP contribution in [0.2, 0.25) is 5.02 Å². The fourth-order valence-corrected chi connectivity index (χ4v) is 2.08. The summed E-state index contributed by atoms with van der Waals surface area (Å²) in [4.78, 5) is 0. The highest BCUT2D eigenvalue weighted by molar-refractivity contribution is 6.30. The summed E-state index contributed by atoms with van der Waals surface area (Å²) in [5, 5.41) is 0.717. The second-order valence-electron chi connectivity index (χ2n) is 4.87. The molecule has 0 aliphatic carbocycles. The van der Waals surface area contributed by atoms with Crippen LogP contribution < -0.4 is 5.73 Å². The Hall–Kier alpha value is -0.650. The van der Waals surface area contributed by atoms with Gasteiger partial charge in [0.25, 0.3) is 0 Å². The molecule has 21 heavy (non-hydrogen) atoms. The molecule has 0 fully saturated rings. The van der Waals surface area contributed by atoms with Crippen LogP contribution in [0.4, 0.5) is 0 Å². The maximum absolute atomic E-state index is 6.16. The Morgan fingerprint density at radius 2 is 1.81 bits per heavy atom. The van der Waals surface area contributed by atoms with Gasteiger partial charge in [0.1, 0.15) is 0 Å². The molecule has 1 aromatic carbocycles. The van der Waals surface area contributed by atoms with Gasteiger partial charge in [0.15, 0.2) is 0 Å². The van der Waals surface area contributed by atoms with Crippen molar-refractivity contribution in [1.29, 1.82) is 0 Å². The minimum atomic E-state index is -0.105. The number of methoxy groups -OCH3 is 1. The SMILES string of the molecule is CCC(N)C(OCCCOCCOC)c1ccc(Cl)cc1. The summed E-state index contributed by atoms with van der Waals surface area (Å²) in [6, 6.07) is 7.64. The molecule has 0 heterocycles. The van der Waals surface area contributed by atoms with E-state index in [0.29, 0.717) is 31.5 Å². The molecule has 120 valence electrons. The summed E-state index contributed by atoms with van der Waals surface area (Å²) >= 11 is 5.92. The van der Waals surface area contributed by atoms with Gasteiger partial charge in [0.05, 0.1) is 19.3 Å². The highest BCUT2D eigenvalue weighted by Crippen LogP contribution is 2.23. The van der Waals surface area contributed by atoms with Crippen molar-refractivity contribution in [3.63, 3.8) is 0 Å². The molecule has 2 N–H and O–H groups in total. The lowest BCUT2D eigenvalue weighted by Gasteiger charge is -2.24. The number of rotatable bonds is 11. The van der Waals surface area contributed by atoms with E-state index >= 15 is 0 Å². The van der Waals surface area contributed by atoms with Gasteiger partial charge in [-0.3, -0.25) is 0 Å². The van der Waals surface area contributed by atoms with Gasteiger partial charge in [0.2, 0.25) is 0 Å². The van der Waals surface area contributed by atoms with Gasteiger partial charge in [-0.05, 0) is 30.5 Å². The van der Waals surface area contributed by atoms with Crippen molar-refractivity contribution in [2.24, 2.45) is 5.73 Å². The molecular weight excluding hydrogens is 290 g/mol. The number of halogens is 1. The average Bonchev–Trinajstić information content (AvgIpc) is 2.50. The Balaban J connectivity index is 2.39. The molecule has 0 saturated carbocycles. The number of nitrogens with two attached hydrogens (primary N) is 1. The molecule has 0 bridgehead atoms. The Labute approximate surface area is 132 Å². The number of hydrogen-bond acceptors (Lipinski definition) is 4. The first-order chi connectivity index (χ1) is 10.2. The van der Waals surface area contributed by atoms with Crippen LogP contribution in [0.15, 0.2) is 24.3 Å². The molecule has 1 aromatic rings. The lowest BCUT2D eigenvalue weighted by Crippen LogP contribution is -2.30. The van der Waals surface area contributed by atoms with Crippen LogP contribution in [0.3, 0.4) is 0 Å². The van der Waals surface area contributed by atoms with Gasteiger partial charge >= 0.3 is 0 Å². The lowest BCUT2D eigenvalue weighted by molar-refractivity contribution is 0.0113. The van der Waals surface area contributed by atoms with E-state index in [-0.39, 0.29) is 12.1 Å². The lowest BCUT2D eigenvalue weighted by atomic mass is 10.0. The summed E-state index contributed by atoms with van der Waals surface area (Å²) in [5.74, 6) is 0. The molecule has 0 spiro atoms. The summed E-state index contributed by atoms with van der Waals surface area (Å²) in [5.41, 5.74) is 7.23. The Morgan fingerprint density at radius 3 is 2.43 bits per heavy atom. The third-order valence-corrected chi connectivity index (χ3v) is 3.47. The number of ether oxygens (including phenoxy) is 3. The zero-order chi connectivity index (χ0) is 15.5. The van der Waals surface area contributed by atoms with Crippen molar-refractivity contribution in [3.05, 3.63) is 34.9 Å². The van der Waals surface area contributed by atoms with Crippen LogP contribution in [0.1, 0.15) is 31.4 Å². The van der Waals surface area contributed by atoms with Gasteiger partial charge in [0, 0.05) is 31.4 Å². The van der Waals surface area contributed by atoms with Crippen molar-refractivity contribution in [2.75, 3.05) is 33.5 Å². The maximum atomic E-state index is 6.16. The second kappa shape index (κ2) is 11.0. The molecule has 0 amide bonds. The minimum absolute atomic E-state index is 0.0272. The van der Waals surface area contributed by atoms with Crippen molar-refractivity contribution in [3.8, 4) is 0 Å². The molecule has 4 nitrogen and oxygen atoms in total. The first-order valence-electron chi connectivity index (χ1n) is 7.38. The van der Waals surface area contributed by atoms with E-state index in [0.717, 1.165) is 18.4 Å². The van der Waals surface area contributed by atoms with E-state index in [9.17, 15) is 0 Å². The molecule has 0 radical (unpaired) electrons. The monoisotopic (exact) mass is 315 g/mol. The summed E-state index contributed by atoms with van der Waals surface area (Å²) in [6.07, 6.45) is 1.59. The fourth-order valence-electron chi connectivity index (χ4n) is 1.95. The van der Waals surface area contributed by atoms with Gasteiger partial charge in [-0.1, -0.05) is 30.7 Å². The van der Waals surface area contributed by atoms with Crippen LogP contribution in [-0.4, -0.2) is 39.6 Å². The fraction of sp³-hybridized carbons (Fsp3) is 0.625. The van der Waals surface area contributed by atoms with E-state index in [1.807, 2.05) is 24.3 Å². The minimum Gasteiger partial charge on any atom is -0.382 e. The van der Waals surface area contributed by atoms with Gasteiger partial charge in [-0.2, -0.15) is 0 Å². The highest BCUT2D eigenvalue weighted by Gasteiger charge is 2.18. The summed E-state index contributed by atoms with van der Waals surface area (Å²) in [6.45, 7) is 4.58. The predicted octanol–water partition coefficient (Wildman–Crippen LogP) is 3.19. The molecule has 0 saturated heterocycles. The molecular formula is C16H26ClNO3. The van der Waals surface area contributed by atoms with Gasteiger partial charge in [-0.25, -0.2) is 0 Å². The van der Waals surface area contributed by atoms with Crippen LogP contribution in [0, 0.1) is 0 Å². The molecule has 5 heteroatoms. The van der Waals surface area contributed by atoms with Crippen molar-refractivity contribution in [2.45, 2.75) is 31.9 Å². The Kier molecular flexibility index (Phi) is 9.63. The highest BCUT2D eigenvalue weighted by atomic mass is 35.5. The smallest absolute Gasteiger partial charge is 0.0975 e. The van der Waals surface area contributed by atoms with Crippen molar-refractivity contribution >= 4 is 11.6 Å². The normalized spacial score (nSPS) is 14.1. The summed E-state index contributed by atoms with van der Waals surface area (Å²) in [7, 11) is 1.66. The van der Waals surface area contributed by atoms with Crippen LogP contribution in [-0.2, 0) is 14.2 Å². The van der Waals surface area contributed by atoms with E-state index in [4.69, 9.17) is 31.5 Å². The number of hydrogen-bond donors (Lipinski definition) is 1. The zero-order valence-corrected chi connectivity index (χ0v) is 13.6. The van der Waals surface area contributed by atoms with E-state index in [1.54, 1.807) is 7.11 Å². The van der Waals surface area contributed by atoms with Crippen molar-refractivity contribution < 1.29 is 14.2 Å². The van der Waals surface area contributed by atoms with Gasteiger partial charge < -0.3 is 19.9 Å². The molecule has 0 aliphatic heterocycles. The Bertz CT molecular complexity index is 372. The third kappa shape index (κ3) is 7.25. The third-order valence-electron chi connectivity index (χ3n) is 3.22. The quantitative estimate of drug-likeness (QED) is 0.637. The molecule has 0 aromatic heterocycles. The largest absolute Gasteiger partial charge is 0.382 e. The second-order valence-corrected chi connectivity index (χ2v) is 5.31. The summed E-state index contributed by atoms with van der Waals surface area (Å²) < 4.78 is 16.3. The topological polar surface area (TPSA) is 53.7 Å². The maximum Gasteiger partial charge on any atom is 0.0975 e. The van der Waals surface area contributed by atoms with Crippen LogP contribution >= 0.6 is 11.6 Å². The first-order valence-corrected chi connectivity index (χ1v) is 7.76. The van der Waals surface area contributed by atoms with Crippen LogP contribution in [0.5, 0.6) is 0 Å². The first kappa shape index (κ1) is 18.4. The van der Waals surface area contributed by atoms with E-state index < -0.39 is 0 Å². The van der Waals surface area contributed by atoms with Crippen LogP contribution in [0.25, 0.3) is 0 Å². The molecule has 2 atom stereocenters. The van der Waals surface area contributed by atoms with Crippen molar-refractivity contribution in [1.82, 2.24) is 0 Å². The number of benzene rings is 1. The Morgan fingerprint density at radius 1 is 1.10 bits per heavy atom. The van der Waals surface area contributed by atoms with E-state index in [2.05, 4.69) is 6.92 Å². The predicted molar refractivity (Wildman–Crippen MR) is 85.7 cm³/mol. The van der Waals surface area contributed by atoms with E-state index in [1.165, 1.54) is 0 Å². The average molecular weight is 316 g/mol. The molecule has 0 aliphatic rings. The zero-order valence-electron chi connectivity index (χ0n) is 12.9. The van der Waals surface area contributed by atoms with Gasteiger partial charge in [-0.15, -0.1) is 0 Å². The molecule has 2 unspecified atom stereocenters.